The van der Waals surface area contributed by atoms with Gasteiger partial charge in [0.05, 0.1) is 5.70 Å². The highest BCUT2D eigenvalue weighted by molar-refractivity contribution is 7.80. The quantitative estimate of drug-likeness (QED) is 0.382. The molecule has 1 aliphatic carbocycles. The Hall–Kier alpha value is -1.79. The third-order valence-electron chi connectivity index (χ3n) is 3.70. The monoisotopic (exact) mass is 321 g/mol. The smallest absolute Gasteiger partial charge is 0.129 e. The van der Waals surface area contributed by atoms with Crippen LogP contribution in [0, 0.1) is 5.41 Å². The minimum atomic E-state index is -0.252. The number of benzene rings is 1. The van der Waals surface area contributed by atoms with Gasteiger partial charge in [-0.3, -0.25) is 9.98 Å². The number of hydrogen-bond donors (Lipinski definition) is 4. The van der Waals surface area contributed by atoms with E-state index in [4.69, 9.17) is 10.8 Å². The van der Waals surface area contributed by atoms with Crippen molar-refractivity contribution < 1.29 is 10.2 Å². The summed E-state index contributed by atoms with van der Waals surface area (Å²) >= 11 is 4.41. The number of nitrogens with two attached hydrogens (primary N) is 1. The fraction of sp³-hybridized carbons (Fsp3) is 0.375. The van der Waals surface area contributed by atoms with E-state index in [2.05, 4.69) is 43.2 Å². The van der Waals surface area contributed by atoms with Crippen LogP contribution in [0.25, 0.3) is 5.70 Å². The van der Waals surface area contributed by atoms with Crippen LogP contribution >= 0.6 is 12.6 Å². The molecule has 0 unspecified atom stereocenters. The molecule has 0 aromatic heterocycles. The molecule has 6 heteroatoms. The number of nitrogens with zero attached hydrogens (tertiary/aromatic N) is 2. The van der Waals surface area contributed by atoms with Crippen molar-refractivity contribution in [3.05, 3.63) is 28.8 Å². The summed E-state index contributed by atoms with van der Waals surface area (Å²) in [6.07, 6.45) is 0.708. The first kappa shape index (κ1) is 18.3. The van der Waals surface area contributed by atoms with Crippen LogP contribution in [0.1, 0.15) is 25.0 Å². The van der Waals surface area contributed by atoms with Crippen LogP contribution in [-0.2, 0) is 6.42 Å². The van der Waals surface area contributed by atoms with Crippen LogP contribution < -0.4 is 5.73 Å². The molecule has 0 aliphatic heterocycles. The molecule has 0 atom stereocenters. The first-order valence-electron chi connectivity index (χ1n) is 6.76. The maximum absolute atomic E-state index is 9.84. The van der Waals surface area contributed by atoms with Gasteiger partial charge in [-0.25, -0.2) is 0 Å². The number of aromatic hydroxyl groups is 1. The average molecular weight is 321 g/mol. The zero-order valence-electron chi connectivity index (χ0n) is 13.4. The summed E-state index contributed by atoms with van der Waals surface area (Å²) in [5.41, 5.74) is 9.28. The standard InChI is InChI=1S/C15H19N3OS.CH4O/c1-15(2)7-9-8(5-6-10(19)13(9)20)12(17-3)11(15)14(16)18-4;1-2/h5-6,19-20H,3,7H2,1-2,4H3,(H2,16,18);2H,1H3. The number of fused-ring (bicyclic) bond motifs is 1. The minimum absolute atomic E-state index is 0.173. The van der Waals surface area contributed by atoms with Crippen molar-refractivity contribution in [2.75, 3.05) is 14.2 Å². The molecule has 0 saturated carbocycles. The maximum Gasteiger partial charge on any atom is 0.129 e. The van der Waals surface area contributed by atoms with Crippen LogP contribution in [-0.4, -0.2) is 36.9 Å². The van der Waals surface area contributed by atoms with Gasteiger partial charge < -0.3 is 15.9 Å². The Morgan fingerprint density at radius 1 is 1.36 bits per heavy atom. The van der Waals surface area contributed by atoms with Gasteiger partial charge in [-0.1, -0.05) is 13.8 Å². The summed E-state index contributed by atoms with van der Waals surface area (Å²) in [5, 5.41) is 16.8. The number of aliphatic imine (C=N–C) groups is 2. The highest BCUT2D eigenvalue weighted by Gasteiger charge is 2.36. The van der Waals surface area contributed by atoms with E-state index in [1.54, 1.807) is 13.1 Å². The van der Waals surface area contributed by atoms with E-state index in [0.717, 1.165) is 29.5 Å². The zero-order valence-corrected chi connectivity index (χ0v) is 14.3. The second kappa shape index (κ2) is 6.98. The highest BCUT2D eigenvalue weighted by Crippen LogP contribution is 2.46. The van der Waals surface area contributed by atoms with Crippen LogP contribution in [0.15, 0.2) is 32.6 Å². The molecule has 0 amide bonds. The third kappa shape index (κ3) is 3.03. The normalized spacial score (nSPS) is 16.5. The largest absolute Gasteiger partial charge is 0.507 e. The Kier molecular flexibility index (Phi) is 5.79. The molecule has 0 saturated heterocycles. The van der Waals surface area contributed by atoms with E-state index in [9.17, 15) is 5.11 Å². The number of phenolic OH excluding ortho intramolecular Hbond substituents is 1. The zero-order chi connectivity index (χ0) is 17.1. The van der Waals surface area contributed by atoms with Gasteiger partial charge in [-0.05, 0) is 36.2 Å². The Labute approximate surface area is 136 Å². The lowest BCUT2D eigenvalue weighted by molar-refractivity contribution is 0.399. The molecule has 22 heavy (non-hydrogen) atoms. The van der Waals surface area contributed by atoms with Crippen molar-refractivity contribution in [1.82, 2.24) is 0 Å². The predicted octanol–water partition coefficient (Wildman–Crippen LogP) is 2.27. The lowest BCUT2D eigenvalue weighted by Gasteiger charge is -2.35. The van der Waals surface area contributed by atoms with Crippen molar-refractivity contribution >= 4 is 30.9 Å². The maximum atomic E-state index is 9.84. The number of rotatable bonds is 2. The van der Waals surface area contributed by atoms with Crippen LogP contribution in [0.2, 0.25) is 0 Å². The van der Waals surface area contributed by atoms with Gasteiger partial charge in [-0.15, -0.1) is 12.6 Å². The number of aliphatic hydroxyl groups is 1. The van der Waals surface area contributed by atoms with Gasteiger partial charge in [0.1, 0.15) is 11.6 Å². The van der Waals surface area contributed by atoms with Crippen molar-refractivity contribution in [1.29, 1.82) is 0 Å². The molecule has 1 aromatic carbocycles. The summed E-state index contributed by atoms with van der Waals surface area (Å²) in [4.78, 5) is 8.84. The van der Waals surface area contributed by atoms with E-state index >= 15 is 0 Å². The number of amidine groups is 1. The van der Waals surface area contributed by atoms with E-state index in [1.807, 2.05) is 6.07 Å². The van der Waals surface area contributed by atoms with Crippen LogP contribution in [0.5, 0.6) is 5.75 Å². The van der Waals surface area contributed by atoms with Gasteiger partial charge in [0, 0.05) is 30.2 Å². The summed E-state index contributed by atoms with van der Waals surface area (Å²) in [6, 6.07) is 3.44. The molecule has 5 nitrogen and oxygen atoms in total. The molecule has 0 fully saturated rings. The fourth-order valence-electron chi connectivity index (χ4n) is 2.75. The Balaban J connectivity index is 0.00000116. The Bertz CT molecular complexity index is 649. The van der Waals surface area contributed by atoms with Crippen molar-refractivity contribution in [2.45, 2.75) is 25.2 Å². The van der Waals surface area contributed by atoms with E-state index in [-0.39, 0.29) is 11.2 Å². The fourth-order valence-corrected chi connectivity index (χ4v) is 3.03. The molecule has 1 aliphatic rings. The molecular weight excluding hydrogens is 298 g/mol. The second-order valence-corrected chi connectivity index (χ2v) is 5.96. The average Bonchev–Trinajstić information content (AvgIpc) is 2.51. The summed E-state index contributed by atoms with van der Waals surface area (Å²) in [7, 11) is 2.66. The predicted molar refractivity (Wildman–Crippen MR) is 95.0 cm³/mol. The number of hydrogen-bond acceptors (Lipinski definition) is 5. The second-order valence-electron chi connectivity index (χ2n) is 5.51. The van der Waals surface area contributed by atoms with E-state index in [0.29, 0.717) is 17.2 Å². The topological polar surface area (TPSA) is 91.2 Å². The van der Waals surface area contributed by atoms with Gasteiger partial charge >= 0.3 is 0 Å². The van der Waals surface area contributed by atoms with Crippen LogP contribution in [0.4, 0.5) is 0 Å². The number of phenols is 1. The van der Waals surface area contributed by atoms with Crippen molar-refractivity contribution in [3.63, 3.8) is 0 Å². The third-order valence-corrected chi connectivity index (χ3v) is 4.20. The van der Waals surface area contributed by atoms with Crippen molar-refractivity contribution in [2.24, 2.45) is 21.1 Å². The van der Waals surface area contributed by atoms with Crippen molar-refractivity contribution in [3.8, 4) is 5.75 Å². The molecule has 0 spiro atoms. The summed E-state index contributed by atoms with van der Waals surface area (Å²) in [6.45, 7) is 7.81. The molecule has 120 valence electrons. The number of thiol groups is 1. The Morgan fingerprint density at radius 2 is 1.95 bits per heavy atom. The molecule has 0 radical (unpaired) electrons. The first-order valence-corrected chi connectivity index (χ1v) is 7.21. The summed E-state index contributed by atoms with van der Waals surface area (Å²) < 4.78 is 0. The number of aliphatic hydroxyl groups excluding tert-OH is 1. The Morgan fingerprint density at radius 3 is 2.45 bits per heavy atom. The molecule has 1 aromatic rings. The van der Waals surface area contributed by atoms with E-state index in [1.165, 1.54) is 0 Å². The van der Waals surface area contributed by atoms with Crippen LogP contribution in [0.3, 0.4) is 0 Å². The van der Waals surface area contributed by atoms with Gasteiger partial charge in [-0.2, -0.15) is 0 Å². The molecule has 0 bridgehead atoms. The summed E-state index contributed by atoms with van der Waals surface area (Å²) in [5.74, 6) is 0.642. The first-order chi connectivity index (χ1) is 10.3. The lowest BCUT2D eigenvalue weighted by Crippen LogP contribution is -2.33. The molecule has 4 N–H and O–H groups in total. The van der Waals surface area contributed by atoms with E-state index < -0.39 is 0 Å². The minimum Gasteiger partial charge on any atom is -0.507 e. The SMILES string of the molecule is C=NC1=C(C(N)=NC)C(C)(C)Cc2c1ccc(O)c2S.CO. The molecular formula is C16H23N3O2S. The van der Waals surface area contributed by atoms with Gasteiger partial charge in [0.25, 0.3) is 0 Å². The molecule has 2 rings (SSSR count). The lowest BCUT2D eigenvalue weighted by atomic mass is 9.71. The van der Waals surface area contributed by atoms with Gasteiger partial charge in [0.2, 0.25) is 0 Å². The van der Waals surface area contributed by atoms with Gasteiger partial charge in [0.15, 0.2) is 0 Å². The highest BCUT2D eigenvalue weighted by atomic mass is 32.1. The molecule has 0 heterocycles.